The summed E-state index contributed by atoms with van der Waals surface area (Å²) < 4.78 is 0. The van der Waals surface area contributed by atoms with Gasteiger partial charge in [0.1, 0.15) is 28.6 Å². The van der Waals surface area contributed by atoms with Crippen LogP contribution in [-0.2, 0) is 14.4 Å². The number of hydrogen-bond acceptors (Lipinski definition) is 8. The van der Waals surface area contributed by atoms with Crippen LogP contribution in [0.15, 0.2) is 34.8 Å². The molecule has 0 aliphatic heterocycles. The second-order valence-corrected chi connectivity index (χ2v) is 13.5. The summed E-state index contributed by atoms with van der Waals surface area (Å²) >= 11 is 0. The van der Waals surface area contributed by atoms with Gasteiger partial charge in [-0.3, -0.25) is 19.2 Å². The summed E-state index contributed by atoms with van der Waals surface area (Å²) in [6.07, 6.45) is 2.29. The lowest BCUT2D eigenvalue weighted by atomic mass is 9.38. The number of aliphatic hydroxyl groups is 3. The Bertz CT molecular complexity index is 1480. The van der Waals surface area contributed by atoms with Crippen LogP contribution < -0.4 is 0 Å². The molecule has 1 aromatic carbocycles. The Labute approximate surface area is 240 Å². The van der Waals surface area contributed by atoms with E-state index in [1.165, 1.54) is 0 Å². The van der Waals surface area contributed by atoms with E-state index in [1.807, 2.05) is 6.92 Å². The topological polar surface area (TPSA) is 149 Å². The summed E-state index contributed by atoms with van der Waals surface area (Å²) in [5.41, 5.74) is -5.60. The third kappa shape index (κ3) is 3.37. The van der Waals surface area contributed by atoms with Crippen LogP contribution in [0.1, 0.15) is 94.6 Å². The van der Waals surface area contributed by atoms with Gasteiger partial charge in [0.05, 0.1) is 5.56 Å². The molecule has 6 atom stereocenters. The molecule has 4 aliphatic rings. The zero-order valence-electron chi connectivity index (χ0n) is 24.8. The van der Waals surface area contributed by atoms with Crippen LogP contribution in [0, 0.1) is 41.4 Å². The Kier molecular flexibility index (Phi) is 6.50. The number of rotatable bonds is 5. The number of carbonyl (C=O) groups is 4. The number of ketones is 4. The standard InChI is InChI=1S/C33H40O8/c1-14(2)24-27(37)22(17(5)34)29(39)33(41)30(40)25-28(38)23-19(12-11-15(3)26(23)36)16(4)31(25,6)21(32(24,33)7)13-20(35)18-9-8-10-18/h11-12,14,16,18,21,24,36-37,40-41H,8-10,13H2,1-7H3/t16-,21-,24?,31-,32-,33+/m1/s1. The highest BCUT2D eigenvalue weighted by atomic mass is 16.4. The maximum absolute atomic E-state index is 14.3. The zero-order chi connectivity index (χ0) is 30.6. The van der Waals surface area contributed by atoms with E-state index < -0.39 is 74.5 Å². The van der Waals surface area contributed by atoms with E-state index >= 15 is 0 Å². The highest BCUT2D eigenvalue weighted by Crippen LogP contribution is 2.71. The van der Waals surface area contributed by atoms with Crippen molar-refractivity contribution in [2.75, 3.05) is 0 Å². The van der Waals surface area contributed by atoms with Gasteiger partial charge in [-0.1, -0.05) is 53.2 Å². The maximum Gasteiger partial charge on any atom is 0.209 e. The first kappa shape index (κ1) is 29.2. The fraction of sp³-hybridized carbons (Fsp3) is 0.576. The van der Waals surface area contributed by atoms with Crippen molar-refractivity contribution in [2.24, 2.45) is 34.5 Å². The molecule has 1 aromatic rings. The SMILES string of the molecule is CC(=O)C1=C(O)C(C(C)C)[C@@]2(C)[C@H](CC(=O)C3CCC3)[C@]3(C)C(=C(O)[C@@]2(O)C1=O)C(=O)c1c(ccc(C)c1O)[C@H]3C. The molecule has 0 saturated heterocycles. The third-order valence-corrected chi connectivity index (χ3v) is 11.3. The Hall–Kier alpha value is -3.26. The summed E-state index contributed by atoms with van der Waals surface area (Å²) in [5.74, 6) is -7.38. The van der Waals surface area contributed by atoms with E-state index in [0.717, 1.165) is 26.2 Å². The highest BCUT2D eigenvalue weighted by molar-refractivity contribution is 6.25. The molecule has 0 spiro atoms. The summed E-state index contributed by atoms with van der Waals surface area (Å²) in [7, 11) is 0. The molecule has 4 N–H and O–H groups in total. The van der Waals surface area contributed by atoms with Gasteiger partial charge >= 0.3 is 0 Å². The van der Waals surface area contributed by atoms with E-state index in [4.69, 9.17) is 0 Å². The Morgan fingerprint density at radius 3 is 2.20 bits per heavy atom. The number of aryl methyl sites for hydroxylation is 1. The van der Waals surface area contributed by atoms with E-state index in [9.17, 15) is 39.6 Å². The first-order valence-corrected chi connectivity index (χ1v) is 14.5. The van der Waals surface area contributed by atoms with Crippen molar-refractivity contribution in [3.05, 3.63) is 51.5 Å². The predicted octanol–water partition coefficient (Wildman–Crippen LogP) is 5.20. The monoisotopic (exact) mass is 564 g/mol. The molecule has 41 heavy (non-hydrogen) atoms. The number of fused-ring (bicyclic) bond motifs is 3. The molecule has 5 rings (SSSR count). The number of allylic oxidation sites excluding steroid dienone is 2. The maximum atomic E-state index is 14.3. The minimum absolute atomic E-state index is 0.0124. The Morgan fingerprint density at radius 1 is 1.07 bits per heavy atom. The van der Waals surface area contributed by atoms with Crippen LogP contribution in [0.4, 0.5) is 0 Å². The van der Waals surface area contributed by atoms with Crippen molar-refractivity contribution < 1.29 is 39.6 Å². The second kappa shape index (κ2) is 9.12. The van der Waals surface area contributed by atoms with Gasteiger partial charge in [-0.05, 0) is 55.6 Å². The lowest BCUT2D eigenvalue weighted by Crippen LogP contribution is -2.71. The molecule has 8 nitrogen and oxygen atoms in total. The zero-order valence-corrected chi connectivity index (χ0v) is 24.8. The van der Waals surface area contributed by atoms with E-state index in [1.54, 1.807) is 46.8 Å². The van der Waals surface area contributed by atoms with Gasteiger partial charge in [-0.25, -0.2) is 0 Å². The van der Waals surface area contributed by atoms with Gasteiger partial charge < -0.3 is 20.4 Å². The van der Waals surface area contributed by atoms with Crippen LogP contribution in [-0.4, -0.2) is 49.2 Å². The smallest absolute Gasteiger partial charge is 0.209 e. The molecular formula is C33H40O8. The van der Waals surface area contributed by atoms with Gasteiger partial charge in [0.15, 0.2) is 17.2 Å². The molecule has 4 aliphatic carbocycles. The number of phenols is 1. The number of benzene rings is 1. The molecule has 1 saturated carbocycles. The Morgan fingerprint density at radius 2 is 1.68 bits per heavy atom. The van der Waals surface area contributed by atoms with E-state index in [2.05, 4.69) is 0 Å². The lowest BCUT2D eigenvalue weighted by molar-refractivity contribution is -0.194. The molecule has 0 radical (unpaired) electrons. The van der Waals surface area contributed by atoms with Crippen LogP contribution in [0.2, 0.25) is 0 Å². The summed E-state index contributed by atoms with van der Waals surface area (Å²) in [6.45, 7) is 11.5. The number of aromatic hydroxyl groups is 1. The fourth-order valence-corrected chi connectivity index (χ4v) is 8.77. The fourth-order valence-electron chi connectivity index (χ4n) is 8.77. The second-order valence-electron chi connectivity index (χ2n) is 13.5. The van der Waals surface area contributed by atoms with Crippen molar-refractivity contribution in [3.8, 4) is 5.75 Å². The highest BCUT2D eigenvalue weighted by Gasteiger charge is 2.75. The first-order chi connectivity index (χ1) is 19.0. The van der Waals surface area contributed by atoms with Crippen molar-refractivity contribution in [1.82, 2.24) is 0 Å². The molecule has 0 bridgehead atoms. The minimum Gasteiger partial charge on any atom is -0.511 e. The predicted molar refractivity (Wildman–Crippen MR) is 151 cm³/mol. The number of Topliss-reactive ketones (excluding diaryl/α,β-unsaturated/α-hetero) is 4. The molecule has 0 aromatic heterocycles. The first-order valence-electron chi connectivity index (χ1n) is 14.5. The molecule has 0 amide bonds. The number of hydrogen-bond donors (Lipinski definition) is 4. The number of phenolic OH excluding ortho intramolecular Hbond substituents is 1. The van der Waals surface area contributed by atoms with Crippen LogP contribution >= 0.6 is 0 Å². The third-order valence-electron chi connectivity index (χ3n) is 11.3. The lowest BCUT2D eigenvalue weighted by Gasteiger charge is -2.65. The number of carbonyl (C=O) groups excluding carboxylic acids is 4. The molecule has 0 heterocycles. The average Bonchev–Trinajstić information content (AvgIpc) is 2.83. The van der Waals surface area contributed by atoms with Crippen molar-refractivity contribution in [3.63, 3.8) is 0 Å². The largest absolute Gasteiger partial charge is 0.511 e. The van der Waals surface area contributed by atoms with Crippen molar-refractivity contribution >= 4 is 23.1 Å². The summed E-state index contributed by atoms with van der Waals surface area (Å²) in [5, 5.41) is 47.1. The van der Waals surface area contributed by atoms with E-state index in [-0.39, 0.29) is 35.0 Å². The van der Waals surface area contributed by atoms with Gasteiger partial charge in [-0.2, -0.15) is 0 Å². The average molecular weight is 565 g/mol. The van der Waals surface area contributed by atoms with Gasteiger partial charge in [0.25, 0.3) is 0 Å². The van der Waals surface area contributed by atoms with Crippen molar-refractivity contribution in [2.45, 2.75) is 85.7 Å². The Balaban J connectivity index is 1.92. The molecule has 1 fully saturated rings. The van der Waals surface area contributed by atoms with Gasteiger partial charge in [0, 0.05) is 34.7 Å². The number of aliphatic hydroxyl groups excluding tert-OH is 2. The minimum atomic E-state index is -2.78. The van der Waals surface area contributed by atoms with Crippen LogP contribution in [0.3, 0.4) is 0 Å². The van der Waals surface area contributed by atoms with Crippen LogP contribution in [0.25, 0.3) is 0 Å². The van der Waals surface area contributed by atoms with Gasteiger partial charge in [0.2, 0.25) is 5.78 Å². The normalized spacial score (nSPS) is 35.2. The molecule has 1 unspecified atom stereocenters. The van der Waals surface area contributed by atoms with Crippen LogP contribution in [0.5, 0.6) is 5.75 Å². The quantitative estimate of drug-likeness (QED) is 0.357. The molecule has 220 valence electrons. The molecular weight excluding hydrogens is 524 g/mol. The van der Waals surface area contributed by atoms with E-state index in [0.29, 0.717) is 11.1 Å². The van der Waals surface area contributed by atoms with Gasteiger partial charge in [-0.15, -0.1) is 0 Å². The summed E-state index contributed by atoms with van der Waals surface area (Å²) in [4.78, 5) is 55.0. The summed E-state index contributed by atoms with van der Waals surface area (Å²) in [6, 6.07) is 3.47. The molecule has 8 heteroatoms. The van der Waals surface area contributed by atoms with Crippen molar-refractivity contribution in [1.29, 1.82) is 0 Å².